The quantitative estimate of drug-likeness (QED) is 0.176. The van der Waals surface area contributed by atoms with Gasteiger partial charge in [-0.25, -0.2) is 8.42 Å². The Kier molecular flexibility index (Phi) is 9.71. The van der Waals surface area contributed by atoms with Gasteiger partial charge in [-0.2, -0.15) is 4.31 Å². The number of non-ortho nitro benzene ring substituents is 1. The summed E-state index contributed by atoms with van der Waals surface area (Å²) in [6.07, 6.45) is 2.46. The van der Waals surface area contributed by atoms with Crippen molar-refractivity contribution in [3.05, 3.63) is 100 Å². The third-order valence-electron chi connectivity index (χ3n) is 6.77. The Morgan fingerprint density at radius 3 is 2.37 bits per heavy atom. The van der Waals surface area contributed by atoms with Gasteiger partial charge in [0, 0.05) is 61.5 Å². The number of hydrogen-bond acceptors (Lipinski definition) is 7. The Balaban J connectivity index is 1.61. The number of hydrogen-bond donors (Lipinski definition) is 1. The lowest BCUT2D eigenvalue weighted by molar-refractivity contribution is -0.384. The zero-order valence-corrected chi connectivity index (χ0v) is 23.7. The molecule has 1 amide bonds. The molecule has 3 aromatic carbocycles. The molecule has 1 heterocycles. The number of amides is 1. The van der Waals surface area contributed by atoms with E-state index in [4.69, 9.17) is 9.47 Å². The number of benzene rings is 3. The van der Waals surface area contributed by atoms with Crippen molar-refractivity contribution in [3.63, 3.8) is 0 Å². The molecule has 4 rings (SSSR count). The summed E-state index contributed by atoms with van der Waals surface area (Å²) in [4.78, 5) is 29.0. The fraction of sp³-hybridized carbons (Fsp3) is 0.276. The van der Waals surface area contributed by atoms with Crippen LogP contribution in [0.1, 0.15) is 11.1 Å². The average molecular weight is 581 g/mol. The van der Waals surface area contributed by atoms with Crippen LogP contribution in [0.3, 0.4) is 0 Å². The number of methoxy groups -OCH3 is 2. The van der Waals surface area contributed by atoms with Gasteiger partial charge in [0.2, 0.25) is 15.9 Å². The minimum atomic E-state index is -4.16. The monoisotopic (exact) mass is 580 g/mol. The van der Waals surface area contributed by atoms with E-state index in [1.165, 1.54) is 19.2 Å². The van der Waals surface area contributed by atoms with Crippen LogP contribution < -0.4 is 4.74 Å². The van der Waals surface area contributed by atoms with E-state index in [9.17, 15) is 23.3 Å². The lowest BCUT2D eigenvalue weighted by Crippen LogP contribution is -2.44. The number of para-hydroxylation sites is 2. The summed E-state index contributed by atoms with van der Waals surface area (Å²) in [5, 5.41) is 12.1. The number of nitrogens with one attached hydrogen (secondary N) is 1. The van der Waals surface area contributed by atoms with E-state index < -0.39 is 27.4 Å². The summed E-state index contributed by atoms with van der Waals surface area (Å²) in [5.74, 6) is 0.212. The van der Waals surface area contributed by atoms with Crippen molar-refractivity contribution in [2.24, 2.45) is 0 Å². The number of nitrogens with zero attached hydrogens (tertiary/aromatic N) is 3. The molecule has 1 N–H and O–H groups in total. The van der Waals surface area contributed by atoms with Crippen LogP contribution in [0.4, 0.5) is 5.69 Å². The summed E-state index contributed by atoms with van der Waals surface area (Å²) < 4.78 is 38.7. The summed E-state index contributed by atoms with van der Waals surface area (Å²) in [6.45, 7) is 0.0783. The highest BCUT2D eigenvalue weighted by Crippen LogP contribution is 2.23. The van der Waals surface area contributed by atoms with Gasteiger partial charge >= 0.3 is 0 Å². The van der Waals surface area contributed by atoms with E-state index in [1.807, 2.05) is 54.7 Å². The Morgan fingerprint density at radius 2 is 1.66 bits per heavy atom. The molecule has 0 aliphatic carbocycles. The molecular formula is C29H32N4O7S. The number of aromatic nitrogens is 1. The number of rotatable bonds is 14. The van der Waals surface area contributed by atoms with Gasteiger partial charge in [-0.1, -0.05) is 36.4 Å². The number of carbonyl (C=O) groups is 1. The average Bonchev–Trinajstić information content (AvgIpc) is 3.40. The normalized spacial score (nSPS) is 11.6. The number of carbonyl (C=O) groups excluding carboxylic acids is 1. The predicted octanol–water partition coefficient (Wildman–Crippen LogP) is 3.99. The first-order valence-electron chi connectivity index (χ1n) is 12.9. The van der Waals surface area contributed by atoms with Crippen LogP contribution in [0, 0.1) is 10.1 Å². The maximum Gasteiger partial charge on any atom is 0.269 e. The number of ether oxygens (including phenoxy) is 2. The molecule has 12 heteroatoms. The van der Waals surface area contributed by atoms with Crippen LogP contribution in [0.5, 0.6) is 5.75 Å². The number of H-pyrrole nitrogens is 1. The molecule has 0 unspecified atom stereocenters. The van der Waals surface area contributed by atoms with Crippen LogP contribution in [0.25, 0.3) is 10.9 Å². The van der Waals surface area contributed by atoms with E-state index in [0.717, 1.165) is 38.5 Å². The van der Waals surface area contributed by atoms with Crippen LogP contribution in [0.15, 0.2) is 83.9 Å². The number of sulfonamides is 1. The molecule has 1 aromatic heterocycles. The van der Waals surface area contributed by atoms with E-state index in [2.05, 4.69) is 4.98 Å². The SMILES string of the molecule is COCCN(CC(=O)N(CCc1c[nH]c2ccccc12)Cc1ccccc1OC)S(=O)(=O)c1ccc([N+](=O)[O-])cc1. The van der Waals surface area contributed by atoms with Gasteiger partial charge in [-0.05, 0) is 36.2 Å². The molecule has 0 aliphatic heterocycles. The number of nitro groups is 1. The van der Waals surface area contributed by atoms with Gasteiger partial charge in [0.05, 0.1) is 30.1 Å². The van der Waals surface area contributed by atoms with Crippen molar-refractivity contribution in [1.29, 1.82) is 0 Å². The summed E-state index contributed by atoms with van der Waals surface area (Å²) in [5.41, 5.74) is 2.57. The molecule has 0 aliphatic rings. The molecule has 0 bridgehead atoms. The molecular weight excluding hydrogens is 548 g/mol. The second kappa shape index (κ2) is 13.4. The van der Waals surface area contributed by atoms with Gasteiger partial charge in [0.25, 0.3) is 5.69 Å². The standard InChI is InChI=1S/C29H32N4O7S/c1-39-18-17-32(41(37,38)25-13-11-24(12-14-25)33(35)36)21-29(34)31(20-23-7-3-6-10-28(23)40-2)16-15-22-19-30-27-9-5-4-8-26(22)27/h3-14,19,30H,15-18,20-21H2,1-2H3. The minimum absolute atomic E-state index is 0.0569. The zero-order valence-electron chi connectivity index (χ0n) is 22.9. The van der Waals surface area contributed by atoms with E-state index in [0.29, 0.717) is 18.7 Å². The smallest absolute Gasteiger partial charge is 0.269 e. The number of aromatic amines is 1. The highest BCUT2D eigenvalue weighted by atomic mass is 32.2. The summed E-state index contributed by atoms with van der Waals surface area (Å²) in [6, 6.07) is 19.8. The molecule has 0 spiro atoms. The van der Waals surface area contributed by atoms with Gasteiger partial charge in [0.15, 0.2) is 0 Å². The highest BCUT2D eigenvalue weighted by Gasteiger charge is 2.29. The van der Waals surface area contributed by atoms with Gasteiger partial charge in [-0.15, -0.1) is 0 Å². The summed E-state index contributed by atoms with van der Waals surface area (Å²) in [7, 11) is -1.17. The second-order valence-corrected chi connectivity index (χ2v) is 11.3. The van der Waals surface area contributed by atoms with Crippen molar-refractivity contribution in [1.82, 2.24) is 14.2 Å². The Hall–Kier alpha value is -4.26. The third kappa shape index (κ3) is 7.09. The van der Waals surface area contributed by atoms with Gasteiger partial charge < -0.3 is 19.4 Å². The lowest BCUT2D eigenvalue weighted by Gasteiger charge is -2.28. The molecule has 0 radical (unpaired) electrons. The maximum absolute atomic E-state index is 13.8. The van der Waals surface area contributed by atoms with Crippen LogP contribution >= 0.6 is 0 Å². The molecule has 11 nitrogen and oxygen atoms in total. The van der Waals surface area contributed by atoms with E-state index in [-0.39, 0.29) is 30.3 Å². The minimum Gasteiger partial charge on any atom is -0.496 e. The predicted molar refractivity (Wildman–Crippen MR) is 154 cm³/mol. The fourth-order valence-electron chi connectivity index (χ4n) is 4.54. The Morgan fingerprint density at radius 1 is 0.951 bits per heavy atom. The molecule has 216 valence electrons. The Labute approximate surface area is 238 Å². The topological polar surface area (TPSA) is 135 Å². The van der Waals surface area contributed by atoms with Gasteiger partial charge in [0.1, 0.15) is 5.75 Å². The number of fused-ring (bicyclic) bond motifs is 1. The fourth-order valence-corrected chi connectivity index (χ4v) is 5.92. The lowest BCUT2D eigenvalue weighted by atomic mass is 10.1. The zero-order chi connectivity index (χ0) is 29.4. The second-order valence-electron chi connectivity index (χ2n) is 9.32. The molecule has 0 atom stereocenters. The van der Waals surface area contributed by atoms with Gasteiger partial charge in [-0.3, -0.25) is 14.9 Å². The molecule has 41 heavy (non-hydrogen) atoms. The first-order valence-corrected chi connectivity index (χ1v) is 14.4. The van der Waals surface area contributed by atoms with Crippen molar-refractivity contribution >= 4 is 32.5 Å². The molecule has 0 fully saturated rings. The largest absolute Gasteiger partial charge is 0.496 e. The highest BCUT2D eigenvalue weighted by molar-refractivity contribution is 7.89. The third-order valence-corrected chi connectivity index (χ3v) is 8.63. The van der Waals surface area contributed by atoms with Crippen LogP contribution in [-0.2, 0) is 32.5 Å². The van der Waals surface area contributed by atoms with Crippen molar-refractivity contribution in [2.45, 2.75) is 17.9 Å². The van der Waals surface area contributed by atoms with E-state index in [1.54, 1.807) is 12.0 Å². The van der Waals surface area contributed by atoms with E-state index >= 15 is 0 Å². The maximum atomic E-state index is 13.8. The van der Waals surface area contributed by atoms with Crippen molar-refractivity contribution < 1.29 is 27.6 Å². The first kappa shape index (κ1) is 29.7. The molecule has 0 saturated carbocycles. The Bertz CT molecular complexity index is 1600. The van der Waals surface area contributed by atoms with Crippen LogP contribution in [0.2, 0.25) is 0 Å². The number of nitro benzene ring substituents is 1. The van der Waals surface area contributed by atoms with Crippen molar-refractivity contribution in [3.8, 4) is 5.75 Å². The molecule has 4 aromatic rings. The van der Waals surface area contributed by atoms with Crippen molar-refractivity contribution in [2.75, 3.05) is 40.5 Å². The summed E-state index contributed by atoms with van der Waals surface area (Å²) >= 11 is 0. The van der Waals surface area contributed by atoms with Crippen LogP contribution in [-0.4, -0.2) is 73.9 Å². The first-order chi connectivity index (χ1) is 19.7. The molecule has 0 saturated heterocycles.